The molecule has 0 radical (unpaired) electrons. The number of hydrogen-bond acceptors (Lipinski definition) is 2. The topological polar surface area (TPSA) is 61.8 Å². The third-order valence-electron chi connectivity index (χ3n) is 5.47. The molecule has 0 aromatic heterocycles. The quantitative estimate of drug-likeness (QED) is 0.635. The number of nitrogens with zero attached hydrogens (tertiary/aromatic N) is 1. The summed E-state index contributed by atoms with van der Waals surface area (Å²) in [6, 6.07) is 10.3. The van der Waals surface area contributed by atoms with E-state index in [1.54, 1.807) is 4.90 Å². The van der Waals surface area contributed by atoms with Gasteiger partial charge in [-0.3, -0.25) is 4.79 Å². The highest BCUT2D eigenvalue weighted by Gasteiger charge is 2.43. The summed E-state index contributed by atoms with van der Waals surface area (Å²) in [4.78, 5) is 15.2. The van der Waals surface area contributed by atoms with E-state index in [-0.39, 0.29) is 5.91 Å². The molecule has 6 heteroatoms. The van der Waals surface area contributed by atoms with E-state index >= 15 is 0 Å². The maximum absolute atomic E-state index is 12.3. The Hall–Kier alpha value is -1.61. The molecule has 1 amide bonds. The summed E-state index contributed by atoms with van der Waals surface area (Å²) in [6.45, 7) is 7.42. The molecule has 1 atom stereocenters. The number of amides is 1. The molecule has 1 saturated carbocycles. The van der Waals surface area contributed by atoms with Gasteiger partial charge < -0.3 is 15.1 Å². The van der Waals surface area contributed by atoms with Crippen LogP contribution in [0.2, 0.25) is 5.02 Å². The van der Waals surface area contributed by atoms with Crippen LogP contribution in [-0.4, -0.2) is 44.2 Å². The molecular weight excluding hydrogens is 336 g/mol. The van der Waals surface area contributed by atoms with Crippen LogP contribution in [0.5, 0.6) is 0 Å². The molecule has 134 valence electrons. The van der Waals surface area contributed by atoms with Crippen molar-refractivity contribution in [2.45, 2.75) is 31.8 Å². The summed E-state index contributed by atoms with van der Waals surface area (Å²) in [6.07, 6.45) is 2.09. The Labute approximate surface area is 154 Å². The first-order valence-corrected chi connectivity index (χ1v) is 9.50. The lowest BCUT2D eigenvalue weighted by Crippen LogP contribution is -3.28. The zero-order valence-electron chi connectivity index (χ0n) is 14.8. The fourth-order valence-electron chi connectivity index (χ4n) is 3.64. The fourth-order valence-corrected chi connectivity index (χ4v) is 3.77. The third kappa shape index (κ3) is 4.94. The second kappa shape index (κ2) is 7.74. The van der Waals surface area contributed by atoms with E-state index in [9.17, 15) is 10.1 Å². The Morgan fingerprint density at radius 1 is 1.24 bits per heavy atom. The molecule has 0 bridgehead atoms. The van der Waals surface area contributed by atoms with Crippen LogP contribution in [0.25, 0.3) is 0 Å². The number of halogens is 1. The van der Waals surface area contributed by atoms with Crippen LogP contribution in [0.4, 0.5) is 0 Å². The van der Waals surface area contributed by atoms with Crippen LogP contribution in [0.1, 0.15) is 25.3 Å². The maximum Gasteiger partial charge on any atom is 0.276 e. The van der Waals surface area contributed by atoms with E-state index in [0.29, 0.717) is 12.5 Å². The molecule has 5 nitrogen and oxygen atoms in total. The second-order valence-electron chi connectivity index (χ2n) is 7.62. The highest BCUT2D eigenvalue weighted by Crippen LogP contribution is 2.39. The lowest BCUT2D eigenvalue weighted by atomic mass is 9.98. The summed E-state index contributed by atoms with van der Waals surface area (Å²) in [7, 11) is 0. The van der Waals surface area contributed by atoms with Crippen LogP contribution in [0, 0.1) is 17.2 Å². The lowest BCUT2D eigenvalue weighted by molar-refractivity contribution is -1.02. The molecule has 2 aliphatic rings. The number of nitrogens with one attached hydrogen (secondary N) is 3. The standard InChI is InChI=1S/C19H25ClN4O/c1-19(14-21,16-4-5-16)22-18(25)13-24-10-8-23(9-11-24)12-15-2-6-17(20)7-3-15/h2-3,6-7,16H,4-5,8-13H2,1H3,(H,22,25)/p+2/t19-/m0/s1. The van der Waals surface area contributed by atoms with Crippen molar-refractivity contribution < 1.29 is 14.6 Å². The van der Waals surface area contributed by atoms with Gasteiger partial charge in [0.2, 0.25) is 0 Å². The maximum atomic E-state index is 12.3. The number of piperazine rings is 1. The van der Waals surface area contributed by atoms with Crippen LogP contribution in [0.15, 0.2) is 24.3 Å². The van der Waals surface area contributed by atoms with Crippen molar-refractivity contribution >= 4 is 17.5 Å². The van der Waals surface area contributed by atoms with Gasteiger partial charge in [0.15, 0.2) is 6.54 Å². The highest BCUT2D eigenvalue weighted by atomic mass is 35.5. The van der Waals surface area contributed by atoms with Gasteiger partial charge in [0.1, 0.15) is 38.3 Å². The molecule has 2 fully saturated rings. The van der Waals surface area contributed by atoms with Crippen molar-refractivity contribution in [3.63, 3.8) is 0 Å². The van der Waals surface area contributed by atoms with Crippen molar-refractivity contribution in [3.05, 3.63) is 34.9 Å². The van der Waals surface area contributed by atoms with Gasteiger partial charge in [-0.25, -0.2) is 0 Å². The smallest absolute Gasteiger partial charge is 0.276 e. The molecule has 3 N–H and O–H groups in total. The van der Waals surface area contributed by atoms with Crippen molar-refractivity contribution in [1.29, 1.82) is 5.26 Å². The van der Waals surface area contributed by atoms with Gasteiger partial charge in [0.25, 0.3) is 5.91 Å². The average Bonchev–Trinajstić information content (AvgIpc) is 3.44. The zero-order chi connectivity index (χ0) is 17.9. The normalized spacial score (nSPS) is 25.6. The minimum absolute atomic E-state index is 0.00658. The number of benzene rings is 1. The minimum Gasteiger partial charge on any atom is -0.333 e. The minimum atomic E-state index is -0.682. The predicted molar refractivity (Wildman–Crippen MR) is 96.3 cm³/mol. The number of carbonyl (C=O) groups excluding carboxylic acids is 1. The van der Waals surface area contributed by atoms with Gasteiger partial charge in [-0.05, 0) is 37.8 Å². The first-order chi connectivity index (χ1) is 12.0. The first kappa shape index (κ1) is 18.2. The van der Waals surface area contributed by atoms with Crippen LogP contribution in [0.3, 0.4) is 0 Å². The highest BCUT2D eigenvalue weighted by molar-refractivity contribution is 6.30. The Balaban J connectivity index is 1.42. The molecule has 1 saturated heterocycles. The number of rotatable bonds is 6. The Morgan fingerprint density at radius 3 is 2.40 bits per heavy atom. The largest absolute Gasteiger partial charge is 0.333 e. The Morgan fingerprint density at radius 2 is 1.84 bits per heavy atom. The average molecular weight is 363 g/mol. The summed E-state index contributed by atoms with van der Waals surface area (Å²) in [5.74, 6) is 0.337. The van der Waals surface area contributed by atoms with Crippen molar-refractivity contribution in [3.8, 4) is 6.07 Å². The monoisotopic (exact) mass is 362 g/mol. The first-order valence-electron chi connectivity index (χ1n) is 9.12. The van der Waals surface area contributed by atoms with Crippen LogP contribution < -0.4 is 15.1 Å². The molecule has 1 aromatic rings. The Bertz CT molecular complexity index is 644. The van der Waals surface area contributed by atoms with E-state index in [0.717, 1.165) is 50.6 Å². The van der Waals surface area contributed by atoms with E-state index in [1.807, 2.05) is 19.1 Å². The number of hydrogen-bond donors (Lipinski definition) is 3. The third-order valence-corrected chi connectivity index (χ3v) is 5.72. The molecule has 25 heavy (non-hydrogen) atoms. The number of nitriles is 1. The molecule has 1 aliphatic carbocycles. The summed E-state index contributed by atoms with van der Waals surface area (Å²) >= 11 is 5.93. The van der Waals surface area contributed by atoms with Gasteiger partial charge in [-0.15, -0.1) is 0 Å². The van der Waals surface area contributed by atoms with Gasteiger partial charge in [-0.2, -0.15) is 5.26 Å². The van der Waals surface area contributed by atoms with Gasteiger partial charge in [-0.1, -0.05) is 23.7 Å². The van der Waals surface area contributed by atoms with Crippen molar-refractivity contribution in [1.82, 2.24) is 5.32 Å². The molecule has 1 aromatic carbocycles. The molecule has 3 rings (SSSR count). The zero-order valence-corrected chi connectivity index (χ0v) is 15.5. The van der Waals surface area contributed by atoms with Crippen molar-refractivity contribution in [2.75, 3.05) is 32.7 Å². The lowest BCUT2D eigenvalue weighted by Gasteiger charge is -2.30. The molecule has 0 unspecified atom stereocenters. The molecule has 1 heterocycles. The van der Waals surface area contributed by atoms with Gasteiger partial charge >= 0.3 is 0 Å². The van der Waals surface area contributed by atoms with Gasteiger partial charge in [0, 0.05) is 10.6 Å². The van der Waals surface area contributed by atoms with E-state index in [2.05, 4.69) is 23.5 Å². The van der Waals surface area contributed by atoms with Gasteiger partial charge in [0.05, 0.1) is 6.07 Å². The van der Waals surface area contributed by atoms with Crippen LogP contribution in [-0.2, 0) is 11.3 Å². The van der Waals surface area contributed by atoms with E-state index in [4.69, 9.17) is 11.6 Å². The number of carbonyl (C=O) groups is 1. The fraction of sp³-hybridized carbons (Fsp3) is 0.579. The van der Waals surface area contributed by atoms with Crippen LogP contribution >= 0.6 is 11.6 Å². The van der Waals surface area contributed by atoms with Crippen molar-refractivity contribution in [2.24, 2.45) is 5.92 Å². The summed E-state index contributed by atoms with van der Waals surface area (Å²) in [5.41, 5.74) is 0.618. The number of quaternary nitrogens is 2. The molecule has 1 aliphatic heterocycles. The molecule has 0 spiro atoms. The van der Waals surface area contributed by atoms with E-state index < -0.39 is 5.54 Å². The molecular formula is C19H27ClN4O+2. The Kier molecular flexibility index (Phi) is 5.63. The SMILES string of the molecule is C[C@@](C#N)(NC(=O)C[NH+]1CC[NH+](Cc2ccc(Cl)cc2)CC1)C1CC1. The predicted octanol–water partition coefficient (Wildman–Crippen LogP) is -0.568. The van der Waals surface area contributed by atoms with E-state index in [1.165, 1.54) is 10.5 Å². The summed E-state index contributed by atoms with van der Waals surface area (Å²) < 4.78 is 0. The summed E-state index contributed by atoms with van der Waals surface area (Å²) in [5, 5.41) is 13.1. The second-order valence-corrected chi connectivity index (χ2v) is 8.05.